The lowest BCUT2D eigenvalue weighted by molar-refractivity contribution is 0.411. The second kappa shape index (κ2) is 2.54. The van der Waals surface area contributed by atoms with Crippen LogP contribution in [0.2, 0.25) is 0 Å². The first kappa shape index (κ1) is 8.06. The van der Waals surface area contributed by atoms with Gasteiger partial charge in [0.15, 0.2) is 0 Å². The molecule has 0 amide bonds. The Labute approximate surface area is 64.2 Å². The van der Waals surface area contributed by atoms with E-state index in [1.165, 1.54) is 13.0 Å². The SMILES string of the molecule is CC1C[C@H]1CNC(C)(C)C. The first-order valence-corrected chi connectivity index (χ1v) is 4.24. The van der Waals surface area contributed by atoms with Crippen LogP contribution in [0.4, 0.5) is 0 Å². The van der Waals surface area contributed by atoms with E-state index in [0.717, 1.165) is 11.8 Å². The summed E-state index contributed by atoms with van der Waals surface area (Å²) in [6, 6.07) is 0. The first-order chi connectivity index (χ1) is 4.49. The highest BCUT2D eigenvalue weighted by atomic mass is 15.0. The van der Waals surface area contributed by atoms with Crippen molar-refractivity contribution in [2.24, 2.45) is 11.8 Å². The molecule has 1 aliphatic rings. The van der Waals surface area contributed by atoms with E-state index in [0.29, 0.717) is 5.54 Å². The molecule has 1 N–H and O–H groups in total. The van der Waals surface area contributed by atoms with Crippen molar-refractivity contribution < 1.29 is 0 Å². The minimum Gasteiger partial charge on any atom is -0.312 e. The lowest BCUT2D eigenvalue weighted by Crippen LogP contribution is -2.37. The van der Waals surface area contributed by atoms with Crippen LogP contribution in [0.3, 0.4) is 0 Å². The third-order valence-corrected chi connectivity index (χ3v) is 2.17. The quantitative estimate of drug-likeness (QED) is 0.620. The van der Waals surface area contributed by atoms with Crippen molar-refractivity contribution >= 4 is 0 Å². The Kier molecular flexibility index (Phi) is 2.04. The van der Waals surface area contributed by atoms with Crippen LogP contribution >= 0.6 is 0 Å². The molecule has 0 saturated heterocycles. The smallest absolute Gasteiger partial charge is 0.00966 e. The average molecular weight is 141 g/mol. The van der Waals surface area contributed by atoms with Crippen molar-refractivity contribution in [1.29, 1.82) is 0 Å². The molecule has 0 spiro atoms. The first-order valence-electron chi connectivity index (χ1n) is 4.24. The third-order valence-electron chi connectivity index (χ3n) is 2.17. The minimum absolute atomic E-state index is 0.308. The summed E-state index contributed by atoms with van der Waals surface area (Å²) in [6.07, 6.45) is 1.43. The lowest BCUT2D eigenvalue weighted by atomic mass is 10.1. The summed E-state index contributed by atoms with van der Waals surface area (Å²) >= 11 is 0. The molecular formula is C9H19N. The Bertz CT molecular complexity index is 112. The Morgan fingerprint density at radius 1 is 1.40 bits per heavy atom. The molecule has 0 aliphatic heterocycles. The van der Waals surface area contributed by atoms with Crippen LogP contribution in [-0.4, -0.2) is 12.1 Å². The molecule has 1 rings (SSSR count). The highest BCUT2D eigenvalue weighted by molar-refractivity contribution is 4.86. The van der Waals surface area contributed by atoms with Crippen LogP contribution in [-0.2, 0) is 0 Å². The number of rotatable bonds is 2. The number of hydrogen-bond acceptors (Lipinski definition) is 1. The number of hydrogen-bond donors (Lipinski definition) is 1. The van der Waals surface area contributed by atoms with Gasteiger partial charge in [-0.15, -0.1) is 0 Å². The van der Waals surface area contributed by atoms with E-state index in [-0.39, 0.29) is 0 Å². The summed E-state index contributed by atoms with van der Waals surface area (Å²) in [5, 5.41) is 3.51. The zero-order chi connectivity index (χ0) is 7.78. The molecule has 0 bridgehead atoms. The second-order valence-corrected chi connectivity index (χ2v) is 4.60. The van der Waals surface area contributed by atoms with Crippen molar-refractivity contribution in [2.45, 2.75) is 39.7 Å². The van der Waals surface area contributed by atoms with Crippen LogP contribution in [0.15, 0.2) is 0 Å². The summed E-state index contributed by atoms with van der Waals surface area (Å²) in [5.41, 5.74) is 0.308. The van der Waals surface area contributed by atoms with E-state index in [9.17, 15) is 0 Å². The summed E-state index contributed by atoms with van der Waals surface area (Å²) < 4.78 is 0. The summed E-state index contributed by atoms with van der Waals surface area (Å²) in [6.45, 7) is 10.2. The predicted molar refractivity (Wildman–Crippen MR) is 45.0 cm³/mol. The van der Waals surface area contributed by atoms with Gasteiger partial charge in [-0.2, -0.15) is 0 Å². The Hall–Kier alpha value is -0.0400. The van der Waals surface area contributed by atoms with Gasteiger partial charge in [0.05, 0.1) is 0 Å². The normalized spacial score (nSPS) is 32.4. The van der Waals surface area contributed by atoms with Crippen molar-refractivity contribution in [3.8, 4) is 0 Å². The van der Waals surface area contributed by atoms with E-state index >= 15 is 0 Å². The Morgan fingerprint density at radius 2 is 1.90 bits per heavy atom. The Balaban J connectivity index is 2.06. The van der Waals surface area contributed by atoms with Gasteiger partial charge in [-0.1, -0.05) is 6.92 Å². The van der Waals surface area contributed by atoms with Crippen LogP contribution in [0, 0.1) is 11.8 Å². The minimum atomic E-state index is 0.308. The van der Waals surface area contributed by atoms with Crippen molar-refractivity contribution in [3.63, 3.8) is 0 Å². The molecule has 0 heterocycles. The van der Waals surface area contributed by atoms with Crippen molar-refractivity contribution in [1.82, 2.24) is 5.32 Å². The van der Waals surface area contributed by atoms with Gasteiger partial charge in [0, 0.05) is 5.54 Å². The highest BCUT2D eigenvalue weighted by Gasteiger charge is 2.32. The molecule has 1 heteroatoms. The molecule has 10 heavy (non-hydrogen) atoms. The zero-order valence-corrected chi connectivity index (χ0v) is 7.57. The van der Waals surface area contributed by atoms with Crippen LogP contribution < -0.4 is 5.32 Å². The second-order valence-electron chi connectivity index (χ2n) is 4.60. The maximum atomic E-state index is 3.51. The van der Waals surface area contributed by atoms with E-state index in [2.05, 4.69) is 33.0 Å². The Morgan fingerprint density at radius 3 is 2.20 bits per heavy atom. The molecular weight excluding hydrogens is 122 g/mol. The van der Waals surface area contributed by atoms with Gasteiger partial charge in [0.25, 0.3) is 0 Å². The number of nitrogens with one attached hydrogen (secondary N) is 1. The van der Waals surface area contributed by atoms with Gasteiger partial charge in [-0.05, 0) is 45.6 Å². The molecule has 1 fully saturated rings. The maximum Gasteiger partial charge on any atom is 0.00966 e. The van der Waals surface area contributed by atoms with E-state index in [4.69, 9.17) is 0 Å². The van der Waals surface area contributed by atoms with Gasteiger partial charge in [-0.25, -0.2) is 0 Å². The molecule has 0 aromatic heterocycles. The fourth-order valence-electron chi connectivity index (χ4n) is 1.12. The summed E-state index contributed by atoms with van der Waals surface area (Å²) in [5.74, 6) is 1.95. The van der Waals surface area contributed by atoms with Crippen molar-refractivity contribution in [2.75, 3.05) is 6.54 Å². The fraction of sp³-hybridized carbons (Fsp3) is 1.00. The summed E-state index contributed by atoms with van der Waals surface area (Å²) in [4.78, 5) is 0. The maximum absolute atomic E-state index is 3.51. The lowest BCUT2D eigenvalue weighted by Gasteiger charge is -2.20. The zero-order valence-electron chi connectivity index (χ0n) is 7.57. The largest absolute Gasteiger partial charge is 0.312 e. The monoisotopic (exact) mass is 141 g/mol. The van der Waals surface area contributed by atoms with Gasteiger partial charge in [0.2, 0.25) is 0 Å². The fourth-order valence-corrected chi connectivity index (χ4v) is 1.12. The average Bonchev–Trinajstić information content (AvgIpc) is 2.40. The summed E-state index contributed by atoms with van der Waals surface area (Å²) in [7, 11) is 0. The molecule has 1 aliphatic carbocycles. The standard InChI is InChI=1S/C9H19N/c1-7-5-8(7)6-10-9(2,3)4/h7-8,10H,5-6H2,1-4H3/t7?,8-/m0/s1. The van der Waals surface area contributed by atoms with E-state index < -0.39 is 0 Å². The molecule has 0 radical (unpaired) electrons. The topological polar surface area (TPSA) is 12.0 Å². The van der Waals surface area contributed by atoms with Gasteiger partial charge >= 0.3 is 0 Å². The van der Waals surface area contributed by atoms with Gasteiger partial charge < -0.3 is 5.32 Å². The third kappa shape index (κ3) is 2.70. The predicted octanol–water partition coefficient (Wildman–Crippen LogP) is 2.03. The highest BCUT2D eigenvalue weighted by Crippen LogP contribution is 2.37. The van der Waals surface area contributed by atoms with Crippen molar-refractivity contribution in [3.05, 3.63) is 0 Å². The van der Waals surface area contributed by atoms with E-state index in [1.54, 1.807) is 0 Å². The van der Waals surface area contributed by atoms with Gasteiger partial charge in [-0.3, -0.25) is 0 Å². The molecule has 1 nitrogen and oxygen atoms in total. The van der Waals surface area contributed by atoms with Crippen LogP contribution in [0.25, 0.3) is 0 Å². The molecule has 2 atom stereocenters. The van der Waals surface area contributed by atoms with Crippen LogP contribution in [0.1, 0.15) is 34.1 Å². The van der Waals surface area contributed by atoms with E-state index in [1.807, 2.05) is 0 Å². The van der Waals surface area contributed by atoms with Gasteiger partial charge in [0.1, 0.15) is 0 Å². The molecule has 1 unspecified atom stereocenters. The van der Waals surface area contributed by atoms with Crippen LogP contribution in [0.5, 0.6) is 0 Å². The molecule has 0 aromatic rings. The molecule has 1 saturated carbocycles. The molecule has 0 aromatic carbocycles. The molecule has 60 valence electrons.